The molecule has 3 fully saturated rings. The van der Waals surface area contributed by atoms with Crippen LogP contribution in [0.3, 0.4) is 0 Å². The largest absolute Gasteiger partial charge is 0.467 e. The highest BCUT2D eigenvalue weighted by Crippen LogP contribution is 2.51. The summed E-state index contributed by atoms with van der Waals surface area (Å²) in [5, 5.41) is 15.1. The van der Waals surface area contributed by atoms with E-state index < -0.39 is 0 Å². The second kappa shape index (κ2) is 6.50. The van der Waals surface area contributed by atoms with Gasteiger partial charge in [-0.05, 0) is 18.4 Å². The third-order valence-corrected chi connectivity index (χ3v) is 6.20. The van der Waals surface area contributed by atoms with E-state index in [-0.39, 0.29) is 18.6 Å². The maximum absolute atomic E-state index is 12.4. The molecule has 1 saturated heterocycles. The van der Waals surface area contributed by atoms with Crippen LogP contribution in [0.1, 0.15) is 32.1 Å². The number of nitrogens with zero attached hydrogens (tertiary/aromatic N) is 4. The highest BCUT2D eigenvalue weighted by Gasteiger charge is 2.56. The van der Waals surface area contributed by atoms with Crippen LogP contribution in [0, 0.1) is 17.8 Å². The van der Waals surface area contributed by atoms with Crippen molar-refractivity contribution in [2.45, 2.75) is 44.2 Å². The Hall–Kier alpha value is -2.22. The Morgan fingerprint density at radius 3 is 3.08 bits per heavy atom. The van der Waals surface area contributed by atoms with E-state index in [2.05, 4.69) is 20.6 Å². The summed E-state index contributed by atoms with van der Waals surface area (Å²) in [6, 6.07) is 3.69. The number of hydrogen-bond acceptors (Lipinski definition) is 6. The molecule has 0 unspecified atom stereocenters. The SMILES string of the molecule is O=C(COc1ccc2nncn2n1)N[C@@H]1[C@@H]2CCO[C@@H]2[C@@H]1C1CCCC1. The molecule has 0 aromatic carbocycles. The summed E-state index contributed by atoms with van der Waals surface area (Å²) in [4.78, 5) is 12.4. The van der Waals surface area contributed by atoms with Crippen LogP contribution in [0.2, 0.25) is 0 Å². The fourth-order valence-electron chi connectivity index (χ4n) is 5.01. The van der Waals surface area contributed by atoms with Gasteiger partial charge in [0, 0.05) is 30.6 Å². The number of carbonyl (C=O) groups is 1. The minimum absolute atomic E-state index is 0.0350. The van der Waals surface area contributed by atoms with Gasteiger partial charge in [0.05, 0.1) is 6.10 Å². The summed E-state index contributed by atoms with van der Waals surface area (Å²) >= 11 is 0. The lowest BCUT2D eigenvalue weighted by molar-refractivity contribution is -0.131. The van der Waals surface area contributed by atoms with E-state index in [0.29, 0.717) is 35.4 Å². The zero-order valence-corrected chi connectivity index (χ0v) is 14.6. The molecule has 2 saturated carbocycles. The Balaban J connectivity index is 1.20. The molecule has 1 amide bonds. The molecule has 3 heterocycles. The second-order valence-electron chi connectivity index (χ2n) is 7.60. The standard InChI is InChI=1S/C18H23N5O3/c24-14(9-26-15-6-5-13-21-19-10-23(13)22-15)20-17-12-7-8-25-18(12)16(17)11-3-1-2-4-11/h5-6,10-12,16-18H,1-4,7-9H2,(H,20,24)/t12-,16+,17+,18-/m0/s1. The third-order valence-electron chi connectivity index (χ3n) is 6.20. The Kier molecular flexibility index (Phi) is 4.00. The molecule has 0 radical (unpaired) electrons. The smallest absolute Gasteiger partial charge is 0.258 e. The van der Waals surface area contributed by atoms with Crippen LogP contribution < -0.4 is 10.1 Å². The summed E-state index contributed by atoms with van der Waals surface area (Å²) in [6.07, 6.45) is 8.04. The molecule has 1 aliphatic heterocycles. The van der Waals surface area contributed by atoms with E-state index in [4.69, 9.17) is 9.47 Å². The molecule has 8 nitrogen and oxygen atoms in total. The van der Waals surface area contributed by atoms with Gasteiger partial charge in [0.25, 0.3) is 5.91 Å². The summed E-state index contributed by atoms with van der Waals surface area (Å²) in [5.41, 5.74) is 0.642. The first-order valence-electron chi connectivity index (χ1n) is 9.50. The lowest BCUT2D eigenvalue weighted by Crippen LogP contribution is -2.63. The topological polar surface area (TPSA) is 90.6 Å². The number of rotatable bonds is 5. The van der Waals surface area contributed by atoms with Gasteiger partial charge in [0.15, 0.2) is 12.3 Å². The predicted molar refractivity (Wildman–Crippen MR) is 91.5 cm³/mol. The van der Waals surface area contributed by atoms with E-state index in [9.17, 15) is 4.79 Å². The second-order valence-corrected chi connectivity index (χ2v) is 7.60. The number of hydrogen-bond donors (Lipinski definition) is 1. The van der Waals surface area contributed by atoms with Gasteiger partial charge < -0.3 is 14.8 Å². The van der Waals surface area contributed by atoms with Gasteiger partial charge in [-0.1, -0.05) is 25.7 Å². The normalized spacial score (nSPS) is 30.9. The van der Waals surface area contributed by atoms with E-state index in [1.54, 1.807) is 12.1 Å². The Labute approximate surface area is 151 Å². The Morgan fingerprint density at radius 1 is 1.31 bits per heavy atom. The molecule has 5 rings (SSSR count). The van der Waals surface area contributed by atoms with Crippen molar-refractivity contribution in [3.05, 3.63) is 18.5 Å². The van der Waals surface area contributed by atoms with Gasteiger partial charge in [-0.3, -0.25) is 4.79 Å². The lowest BCUT2D eigenvalue weighted by Gasteiger charge is -2.50. The van der Waals surface area contributed by atoms with E-state index in [1.807, 2.05) is 0 Å². The summed E-state index contributed by atoms with van der Waals surface area (Å²) in [7, 11) is 0. The molecule has 2 aliphatic carbocycles. The van der Waals surface area contributed by atoms with Crippen molar-refractivity contribution in [2.24, 2.45) is 17.8 Å². The zero-order valence-electron chi connectivity index (χ0n) is 14.6. The number of amides is 1. The van der Waals surface area contributed by atoms with Gasteiger partial charge >= 0.3 is 0 Å². The molecule has 3 aliphatic rings. The van der Waals surface area contributed by atoms with Crippen LogP contribution in [-0.4, -0.2) is 51.1 Å². The fraction of sp³-hybridized carbons (Fsp3) is 0.667. The first-order chi connectivity index (χ1) is 12.8. The number of fused-ring (bicyclic) bond motifs is 2. The van der Waals surface area contributed by atoms with E-state index >= 15 is 0 Å². The molecule has 2 aromatic rings. The Morgan fingerprint density at radius 2 is 2.19 bits per heavy atom. The average molecular weight is 357 g/mol. The number of carbonyl (C=O) groups excluding carboxylic acids is 1. The number of aromatic nitrogens is 4. The molecular formula is C18H23N5O3. The van der Waals surface area contributed by atoms with Gasteiger partial charge in [-0.2, -0.15) is 4.52 Å². The average Bonchev–Trinajstić information content (AvgIpc) is 3.39. The molecule has 0 bridgehead atoms. The van der Waals surface area contributed by atoms with Crippen LogP contribution >= 0.6 is 0 Å². The molecule has 4 atom stereocenters. The molecule has 0 spiro atoms. The summed E-state index contributed by atoms with van der Waals surface area (Å²) < 4.78 is 13.0. The van der Waals surface area contributed by atoms with Crippen LogP contribution in [0.5, 0.6) is 5.88 Å². The highest BCUT2D eigenvalue weighted by atomic mass is 16.5. The first kappa shape index (κ1) is 16.0. The third kappa shape index (κ3) is 2.72. The van der Waals surface area contributed by atoms with Gasteiger partial charge in [0.1, 0.15) is 6.33 Å². The van der Waals surface area contributed by atoms with E-state index in [0.717, 1.165) is 13.0 Å². The maximum Gasteiger partial charge on any atom is 0.258 e. The summed E-state index contributed by atoms with van der Waals surface area (Å²) in [5.74, 6) is 1.93. The molecular weight excluding hydrogens is 334 g/mol. The summed E-state index contributed by atoms with van der Waals surface area (Å²) in [6.45, 7) is 0.789. The zero-order chi connectivity index (χ0) is 17.5. The quantitative estimate of drug-likeness (QED) is 0.865. The van der Waals surface area contributed by atoms with Crippen LogP contribution in [-0.2, 0) is 9.53 Å². The van der Waals surface area contributed by atoms with Crippen molar-refractivity contribution in [3.63, 3.8) is 0 Å². The number of ether oxygens (including phenoxy) is 2. The van der Waals surface area contributed by atoms with Crippen molar-refractivity contribution in [3.8, 4) is 5.88 Å². The van der Waals surface area contributed by atoms with Crippen molar-refractivity contribution >= 4 is 11.6 Å². The van der Waals surface area contributed by atoms with Gasteiger partial charge in [0.2, 0.25) is 5.88 Å². The molecule has 2 aromatic heterocycles. The fourth-order valence-corrected chi connectivity index (χ4v) is 5.01. The van der Waals surface area contributed by atoms with Crippen LogP contribution in [0.25, 0.3) is 5.65 Å². The van der Waals surface area contributed by atoms with Gasteiger partial charge in [-0.25, -0.2) is 0 Å². The number of nitrogens with one attached hydrogen (secondary N) is 1. The minimum atomic E-state index is -0.0889. The van der Waals surface area contributed by atoms with Crippen LogP contribution in [0.4, 0.5) is 0 Å². The van der Waals surface area contributed by atoms with Gasteiger partial charge in [-0.15, -0.1) is 15.3 Å². The van der Waals surface area contributed by atoms with Crippen molar-refractivity contribution < 1.29 is 14.3 Å². The molecule has 26 heavy (non-hydrogen) atoms. The monoisotopic (exact) mass is 357 g/mol. The minimum Gasteiger partial charge on any atom is -0.467 e. The maximum atomic E-state index is 12.4. The Bertz CT molecular complexity index is 798. The molecule has 1 N–H and O–H groups in total. The van der Waals surface area contributed by atoms with E-state index in [1.165, 1.54) is 36.5 Å². The molecule has 138 valence electrons. The molecule has 8 heteroatoms. The van der Waals surface area contributed by atoms with Crippen molar-refractivity contribution in [1.29, 1.82) is 0 Å². The van der Waals surface area contributed by atoms with Crippen molar-refractivity contribution in [2.75, 3.05) is 13.2 Å². The van der Waals surface area contributed by atoms with Crippen LogP contribution in [0.15, 0.2) is 18.5 Å². The highest BCUT2D eigenvalue weighted by molar-refractivity contribution is 5.78. The predicted octanol–water partition coefficient (Wildman–Crippen LogP) is 1.21. The lowest BCUT2D eigenvalue weighted by atomic mass is 9.61. The first-order valence-corrected chi connectivity index (χ1v) is 9.50. The van der Waals surface area contributed by atoms with Crippen molar-refractivity contribution in [1.82, 2.24) is 25.1 Å².